The van der Waals surface area contributed by atoms with Gasteiger partial charge in [0.2, 0.25) is 5.91 Å². The molecule has 0 aliphatic heterocycles. The molecule has 2 aromatic carbocycles. The molecule has 2 N–H and O–H groups in total. The molecule has 2 unspecified atom stereocenters. The first-order chi connectivity index (χ1) is 11.1. The third kappa shape index (κ3) is 4.67. The van der Waals surface area contributed by atoms with Crippen LogP contribution in [0.25, 0.3) is 0 Å². The van der Waals surface area contributed by atoms with Crippen LogP contribution < -0.4 is 5.73 Å². The van der Waals surface area contributed by atoms with Gasteiger partial charge >= 0.3 is 0 Å². The zero-order valence-electron chi connectivity index (χ0n) is 14.0. The third-order valence-corrected chi connectivity index (χ3v) is 4.13. The van der Waals surface area contributed by atoms with Gasteiger partial charge in [-0.25, -0.2) is 0 Å². The van der Waals surface area contributed by atoms with Crippen LogP contribution in [-0.2, 0) is 11.3 Å². The second kappa shape index (κ2) is 8.49. The van der Waals surface area contributed by atoms with Gasteiger partial charge in [0, 0.05) is 19.1 Å². The van der Waals surface area contributed by atoms with Gasteiger partial charge in [0.25, 0.3) is 0 Å². The topological polar surface area (TPSA) is 46.3 Å². The molecule has 2 rings (SSSR count). The minimum Gasteiger partial charge on any atom is -0.338 e. The van der Waals surface area contributed by atoms with Crippen LogP contribution in [0.15, 0.2) is 60.7 Å². The van der Waals surface area contributed by atoms with Gasteiger partial charge in [-0.3, -0.25) is 4.79 Å². The van der Waals surface area contributed by atoms with Crippen LogP contribution in [0.3, 0.4) is 0 Å². The molecule has 0 heterocycles. The number of carbonyl (C=O) groups is 1. The molecule has 1 amide bonds. The summed E-state index contributed by atoms with van der Waals surface area (Å²) in [4.78, 5) is 14.8. The summed E-state index contributed by atoms with van der Waals surface area (Å²) in [5.41, 5.74) is 8.47. The zero-order valence-corrected chi connectivity index (χ0v) is 14.0. The summed E-state index contributed by atoms with van der Waals surface area (Å²) < 4.78 is 0. The highest BCUT2D eigenvalue weighted by Gasteiger charge is 2.26. The van der Waals surface area contributed by atoms with Gasteiger partial charge in [-0.2, -0.15) is 0 Å². The maximum absolute atomic E-state index is 12.9. The summed E-state index contributed by atoms with van der Waals surface area (Å²) in [5, 5.41) is 0. The SMILES string of the molecule is CCCN(Cc1ccccc1)C(=O)C(C)C(N)c1ccccc1. The fraction of sp³-hybridized carbons (Fsp3) is 0.350. The molecular formula is C20H26N2O. The van der Waals surface area contributed by atoms with Crippen LogP contribution in [0.1, 0.15) is 37.4 Å². The van der Waals surface area contributed by atoms with Crippen molar-refractivity contribution in [1.29, 1.82) is 0 Å². The summed E-state index contributed by atoms with van der Waals surface area (Å²) in [6.45, 7) is 5.40. The smallest absolute Gasteiger partial charge is 0.227 e. The Balaban J connectivity index is 2.10. The number of rotatable bonds is 7. The molecule has 0 aliphatic carbocycles. The van der Waals surface area contributed by atoms with E-state index in [0.29, 0.717) is 6.54 Å². The van der Waals surface area contributed by atoms with Crippen molar-refractivity contribution in [1.82, 2.24) is 4.90 Å². The summed E-state index contributed by atoms with van der Waals surface area (Å²) >= 11 is 0. The summed E-state index contributed by atoms with van der Waals surface area (Å²) in [6, 6.07) is 19.7. The molecule has 0 bridgehead atoms. The molecule has 0 saturated carbocycles. The van der Waals surface area contributed by atoms with E-state index >= 15 is 0 Å². The highest BCUT2D eigenvalue weighted by molar-refractivity contribution is 5.79. The van der Waals surface area contributed by atoms with E-state index in [1.54, 1.807) is 0 Å². The molecule has 2 aromatic rings. The Morgan fingerprint density at radius 2 is 1.61 bits per heavy atom. The molecule has 2 atom stereocenters. The molecule has 0 aliphatic rings. The lowest BCUT2D eigenvalue weighted by Gasteiger charge is -2.28. The van der Waals surface area contributed by atoms with Crippen LogP contribution in [0.2, 0.25) is 0 Å². The van der Waals surface area contributed by atoms with Gasteiger partial charge in [0.15, 0.2) is 0 Å². The predicted octanol–water partition coefficient (Wildman–Crippen LogP) is 3.76. The van der Waals surface area contributed by atoms with Crippen molar-refractivity contribution in [2.24, 2.45) is 11.7 Å². The maximum atomic E-state index is 12.9. The van der Waals surface area contributed by atoms with Crippen LogP contribution in [0.4, 0.5) is 0 Å². The zero-order chi connectivity index (χ0) is 16.7. The molecule has 122 valence electrons. The van der Waals surface area contributed by atoms with Crippen molar-refractivity contribution in [2.75, 3.05) is 6.54 Å². The average molecular weight is 310 g/mol. The normalized spacial score (nSPS) is 13.3. The third-order valence-electron chi connectivity index (χ3n) is 4.13. The summed E-state index contributed by atoms with van der Waals surface area (Å²) in [5.74, 6) is -0.125. The Labute approximate surface area is 139 Å². The predicted molar refractivity (Wildman–Crippen MR) is 94.7 cm³/mol. The van der Waals surface area contributed by atoms with E-state index in [4.69, 9.17) is 5.73 Å². The van der Waals surface area contributed by atoms with Gasteiger partial charge in [-0.1, -0.05) is 74.5 Å². The maximum Gasteiger partial charge on any atom is 0.227 e. The number of hydrogen-bond donors (Lipinski definition) is 1. The highest BCUT2D eigenvalue weighted by atomic mass is 16.2. The molecule has 0 fully saturated rings. The Morgan fingerprint density at radius 3 is 2.17 bits per heavy atom. The first-order valence-electron chi connectivity index (χ1n) is 8.26. The molecule has 23 heavy (non-hydrogen) atoms. The molecular weight excluding hydrogens is 284 g/mol. The lowest BCUT2D eigenvalue weighted by molar-refractivity contribution is -0.136. The monoisotopic (exact) mass is 310 g/mol. The van der Waals surface area contributed by atoms with E-state index in [1.807, 2.05) is 60.4 Å². The molecule has 0 aromatic heterocycles. The van der Waals surface area contributed by atoms with Crippen molar-refractivity contribution in [3.8, 4) is 0 Å². The van der Waals surface area contributed by atoms with Crippen molar-refractivity contribution < 1.29 is 4.79 Å². The van der Waals surface area contributed by atoms with Crippen molar-refractivity contribution in [3.63, 3.8) is 0 Å². The van der Waals surface area contributed by atoms with Gasteiger partial charge < -0.3 is 10.6 Å². The number of nitrogens with two attached hydrogens (primary N) is 1. The Morgan fingerprint density at radius 1 is 1.04 bits per heavy atom. The highest BCUT2D eigenvalue weighted by Crippen LogP contribution is 2.22. The number of carbonyl (C=O) groups excluding carboxylic acids is 1. The van der Waals surface area contributed by atoms with Crippen LogP contribution in [-0.4, -0.2) is 17.4 Å². The van der Waals surface area contributed by atoms with Gasteiger partial charge in [0.05, 0.1) is 5.92 Å². The van der Waals surface area contributed by atoms with Gasteiger partial charge in [0.1, 0.15) is 0 Å². The van der Waals surface area contributed by atoms with Crippen molar-refractivity contribution >= 4 is 5.91 Å². The first kappa shape index (κ1) is 17.2. The van der Waals surface area contributed by atoms with Crippen LogP contribution in [0, 0.1) is 5.92 Å². The Bertz CT molecular complexity index is 598. The van der Waals surface area contributed by atoms with E-state index in [0.717, 1.165) is 24.1 Å². The van der Waals surface area contributed by atoms with Crippen molar-refractivity contribution in [2.45, 2.75) is 32.9 Å². The van der Waals surface area contributed by atoms with E-state index in [2.05, 4.69) is 19.1 Å². The molecule has 3 nitrogen and oxygen atoms in total. The first-order valence-corrected chi connectivity index (χ1v) is 8.26. The number of amides is 1. The average Bonchev–Trinajstić information content (AvgIpc) is 2.61. The molecule has 0 spiro atoms. The number of benzene rings is 2. The second-order valence-corrected chi connectivity index (χ2v) is 5.97. The van der Waals surface area contributed by atoms with Crippen molar-refractivity contribution in [3.05, 3.63) is 71.8 Å². The second-order valence-electron chi connectivity index (χ2n) is 5.97. The lowest BCUT2D eigenvalue weighted by Crippen LogP contribution is -2.39. The minimum absolute atomic E-state index is 0.118. The molecule has 0 saturated heterocycles. The minimum atomic E-state index is -0.279. The summed E-state index contributed by atoms with van der Waals surface area (Å²) in [7, 11) is 0. The van der Waals surface area contributed by atoms with Crippen LogP contribution in [0.5, 0.6) is 0 Å². The molecule has 3 heteroatoms. The number of hydrogen-bond acceptors (Lipinski definition) is 2. The van der Waals surface area contributed by atoms with Gasteiger partial charge in [-0.05, 0) is 17.5 Å². The van der Waals surface area contributed by atoms with E-state index in [9.17, 15) is 4.79 Å². The number of nitrogens with zero attached hydrogens (tertiary/aromatic N) is 1. The van der Waals surface area contributed by atoms with E-state index in [1.165, 1.54) is 0 Å². The summed E-state index contributed by atoms with van der Waals surface area (Å²) in [6.07, 6.45) is 0.936. The largest absolute Gasteiger partial charge is 0.338 e. The fourth-order valence-electron chi connectivity index (χ4n) is 2.75. The Kier molecular flexibility index (Phi) is 6.36. The quantitative estimate of drug-likeness (QED) is 0.846. The lowest BCUT2D eigenvalue weighted by atomic mass is 9.94. The standard InChI is InChI=1S/C20H26N2O/c1-3-14-22(15-17-10-6-4-7-11-17)20(23)16(2)19(21)18-12-8-5-9-13-18/h4-13,16,19H,3,14-15,21H2,1-2H3. The molecule has 0 radical (unpaired) electrons. The van der Waals surface area contributed by atoms with Crippen LogP contribution >= 0.6 is 0 Å². The van der Waals surface area contributed by atoms with Gasteiger partial charge in [-0.15, -0.1) is 0 Å². The van der Waals surface area contributed by atoms with E-state index in [-0.39, 0.29) is 17.9 Å². The van der Waals surface area contributed by atoms with E-state index < -0.39 is 0 Å². The Hall–Kier alpha value is -2.13. The fourth-order valence-corrected chi connectivity index (χ4v) is 2.75.